The van der Waals surface area contributed by atoms with E-state index in [1.165, 1.54) is 25.7 Å². The molecule has 1 aliphatic rings. The van der Waals surface area contributed by atoms with Crippen molar-refractivity contribution in [2.24, 2.45) is 10.7 Å². The molecule has 0 aliphatic heterocycles. The Morgan fingerprint density at radius 3 is 2.71 bits per heavy atom. The fourth-order valence-corrected chi connectivity index (χ4v) is 2.72. The Bertz CT molecular complexity index is 663. The van der Waals surface area contributed by atoms with Gasteiger partial charge in [0.25, 0.3) is 0 Å². The van der Waals surface area contributed by atoms with Crippen LogP contribution in [0, 0.1) is 0 Å². The fraction of sp³-hybridized carbons (Fsp3) is 0.438. The molecule has 8 heteroatoms. The molecule has 1 fully saturated rings. The molecule has 0 radical (unpaired) electrons. The standard InChI is InChI=1S/C16H22N6O.HI/c1-23-13-8-6-11(7-9-13)15-20-14(21-22-15)10-18-16(17)19-12-4-2-3-5-12;/h6-9,12H,2-5,10H2,1H3,(H3,17,18,19)(H,20,21,22);1H. The zero-order valence-corrected chi connectivity index (χ0v) is 16.0. The lowest BCUT2D eigenvalue weighted by Crippen LogP contribution is -2.38. The molecule has 2 aromatic rings. The molecule has 24 heavy (non-hydrogen) atoms. The summed E-state index contributed by atoms with van der Waals surface area (Å²) in [7, 11) is 1.64. The van der Waals surface area contributed by atoms with Gasteiger partial charge in [0, 0.05) is 11.6 Å². The van der Waals surface area contributed by atoms with Crippen LogP contribution in [0.2, 0.25) is 0 Å². The van der Waals surface area contributed by atoms with Crippen molar-refractivity contribution >= 4 is 29.9 Å². The molecular formula is C16H23IN6O. The fourth-order valence-electron chi connectivity index (χ4n) is 2.72. The maximum Gasteiger partial charge on any atom is 0.189 e. The van der Waals surface area contributed by atoms with E-state index in [0.717, 1.165) is 11.3 Å². The van der Waals surface area contributed by atoms with E-state index in [4.69, 9.17) is 10.5 Å². The molecular weight excluding hydrogens is 419 g/mol. The smallest absolute Gasteiger partial charge is 0.189 e. The molecule has 0 spiro atoms. The Kier molecular flexibility index (Phi) is 6.83. The van der Waals surface area contributed by atoms with Crippen LogP contribution in [0.15, 0.2) is 29.3 Å². The molecule has 3 rings (SSSR count). The van der Waals surface area contributed by atoms with Crippen LogP contribution < -0.4 is 15.8 Å². The highest BCUT2D eigenvalue weighted by molar-refractivity contribution is 14.0. The third-order valence-electron chi connectivity index (χ3n) is 3.99. The molecule has 1 heterocycles. The van der Waals surface area contributed by atoms with Crippen LogP contribution in [0.3, 0.4) is 0 Å². The van der Waals surface area contributed by atoms with Gasteiger partial charge in [-0.05, 0) is 37.1 Å². The number of hydrogen-bond donors (Lipinski definition) is 3. The van der Waals surface area contributed by atoms with Crippen molar-refractivity contribution < 1.29 is 4.74 Å². The highest BCUT2D eigenvalue weighted by Gasteiger charge is 2.14. The number of aromatic amines is 1. The molecule has 1 aromatic heterocycles. The van der Waals surface area contributed by atoms with E-state index in [1.54, 1.807) is 7.11 Å². The number of ether oxygens (including phenoxy) is 1. The van der Waals surface area contributed by atoms with E-state index in [9.17, 15) is 0 Å². The lowest BCUT2D eigenvalue weighted by atomic mass is 10.2. The van der Waals surface area contributed by atoms with E-state index in [1.807, 2.05) is 24.3 Å². The van der Waals surface area contributed by atoms with Gasteiger partial charge in [-0.25, -0.2) is 9.98 Å². The third kappa shape index (κ3) is 4.83. The van der Waals surface area contributed by atoms with Crippen molar-refractivity contribution in [3.63, 3.8) is 0 Å². The average Bonchev–Trinajstić information content (AvgIpc) is 3.25. The first-order chi connectivity index (χ1) is 11.2. The highest BCUT2D eigenvalue weighted by atomic mass is 127. The number of halogens is 1. The van der Waals surface area contributed by atoms with E-state index in [0.29, 0.717) is 30.2 Å². The molecule has 130 valence electrons. The lowest BCUT2D eigenvalue weighted by molar-refractivity contribution is 0.415. The monoisotopic (exact) mass is 442 g/mol. The Balaban J connectivity index is 0.00000208. The third-order valence-corrected chi connectivity index (χ3v) is 3.99. The van der Waals surface area contributed by atoms with Crippen molar-refractivity contribution in [2.75, 3.05) is 7.11 Å². The van der Waals surface area contributed by atoms with Crippen LogP contribution in [0.25, 0.3) is 11.4 Å². The molecule has 7 nitrogen and oxygen atoms in total. The largest absolute Gasteiger partial charge is 0.497 e. The second-order valence-corrected chi connectivity index (χ2v) is 5.66. The summed E-state index contributed by atoms with van der Waals surface area (Å²) in [6.07, 6.45) is 4.86. The second kappa shape index (κ2) is 8.86. The van der Waals surface area contributed by atoms with Gasteiger partial charge in [0.1, 0.15) is 18.1 Å². The van der Waals surface area contributed by atoms with Crippen molar-refractivity contribution in [1.82, 2.24) is 20.5 Å². The first kappa shape index (κ1) is 18.5. The van der Waals surface area contributed by atoms with E-state index in [2.05, 4.69) is 25.5 Å². The second-order valence-electron chi connectivity index (χ2n) is 5.66. The summed E-state index contributed by atoms with van der Waals surface area (Å²) < 4.78 is 5.14. The Morgan fingerprint density at radius 1 is 1.33 bits per heavy atom. The van der Waals surface area contributed by atoms with E-state index in [-0.39, 0.29) is 24.0 Å². The van der Waals surface area contributed by atoms with Gasteiger partial charge in [-0.3, -0.25) is 5.10 Å². The number of nitrogens with zero attached hydrogens (tertiary/aromatic N) is 3. The maximum atomic E-state index is 5.91. The first-order valence-electron chi connectivity index (χ1n) is 7.87. The predicted molar refractivity (Wildman–Crippen MR) is 105 cm³/mol. The maximum absolute atomic E-state index is 5.91. The van der Waals surface area contributed by atoms with Gasteiger partial charge in [-0.1, -0.05) is 12.8 Å². The number of methoxy groups -OCH3 is 1. The van der Waals surface area contributed by atoms with Gasteiger partial charge in [0.2, 0.25) is 0 Å². The Morgan fingerprint density at radius 2 is 2.04 bits per heavy atom. The molecule has 0 atom stereocenters. The van der Waals surface area contributed by atoms with Crippen LogP contribution in [-0.2, 0) is 6.54 Å². The summed E-state index contributed by atoms with van der Waals surface area (Å²) in [5.74, 6) is 2.60. The summed E-state index contributed by atoms with van der Waals surface area (Å²) >= 11 is 0. The average molecular weight is 442 g/mol. The van der Waals surface area contributed by atoms with Gasteiger partial charge in [-0.15, -0.1) is 24.0 Å². The molecule has 0 amide bonds. The van der Waals surface area contributed by atoms with Gasteiger partial charge in [-0.2, -0.15) is 5.10 Å². The quantitative estimate of drug-likeness (QED) is 0.375. The minimum absolute atomic E-state index is 0. The number of aliphatic imine (C=N–C) groups is 1. The van der Waals surface area contributed by atoms with E-state index < -0.39 is 0 Å². The summed E-state index contributed by atoms with van der Waals surface area (Å²) in [6.45, 7) is 0.384. The SMILES string of the molecule is COc1ccc(-c2n[nH]c(CN=C(N)NC3CCCC3)n2)cc1.I. The van der Waals surface area contributed by atoms with Gasteiger partial charge < -0.3 is 15.8 Å². The number of nitrogens with one attached hydrogen (secondary N) is 2. The van der Waals surface area contributed by atoms with Crippen LogP contribution >= 0.6 is 24.0 Å². The number of aromatic nitrogens is 3. The number of guanidine groups is 1. The minimum atomic E-state index is 0. The number of hydrogen-bond acceptors (Lipinski definition) is 4. The van der Waals surface area contributed by atoms with Crippen molar-refractivity contribution in [2.45, 2.75) is 38.3 Å². The van der Waals surface area contributed by atoms with Crippen molar-refractivity contribution in [1.29, 1.82) is 0 Å². The molecule has 1 aliphatic carbocycles. The molecule has 0 unspecified atom stereocenters. The number of benzene rings is 1. The minimum Gasteiger partial charge on any atom is -0.497 e. The summed E-state index contributed by atoms with van der Waals surface area (Å²) in [5, 5.41) is 10.4. The lowest BCUT2D eigenvalue weighted by Gasteiger charge is -2.11. The van der Waals surface area contributed by atoms with E-state index >= 15 is 0 Å². The van der Waals surface area contributed by atoms with Crippen LogP contribution in [-0.4, -0.2) is 34.3 Å². The molecule has 1 saturated carbocycles. The number of H-pyrrole nitrogens is 1. The molecule has 4 N–H and O–H groups in total. The van der Waals surface area contributed by atoms with Crippen LogP contribution in [0.1, 0.15) is 31.5 Å². The van der Waals surface area contributed by atoms with Gasteiger partial charge in [0.15, 0.2) is 11.8 Å². The number of nitrogens with two attached hydrogens (primary N) is 1. The number of rotatable bonds is 5. The normalized spacial score (nSPS) is 15.1. The molecule has 0 bridgehead atoms. The zero-order valence-electron chi connectivity index (χ0n) is 13.7. The van der Waals surface area contributed by atoms with Crippen LogP contribution in [0.5, 0.6) is 5.75 Å². The first-order valence-corrected chi connectivity index (χ1v) is 7.87. The summed E-state index contributed by atoms with van der Waals surface area (Å²) in [5.41, 5.74) is 6.84. The van der Waals surface area contributed by atoms with Gasteiger partial charge in [0.05, 0.1) is 7.11 Å². The Labute approximate surface area is 158 Å². The molecule has 1 aromatic carbocycles. The van der Waals surface area contributed by atoms with Gasteiger partial charge >= 0.3 is 0 Å². The summed E-state index contributed by atoms with van der Waals surface area (Å²) in [6, 6.07) is 8.07. The zero-order chi connectivity index (χ0) is 16.1. The Hall–Kier alpha value is -1.84. The van der Waals surface area contributed by atoms with Crippen molar-refractivity contribution in [3.05, 3.63) is 30.1 Å². The highest BCUT2D eigenvalue weighted by Crippen LogP contribution is 2.19. The summed E-state index contributed by atoms with van der Waals surface area (Å²) in [4.78, 5) is 8.76. The topological polar surface area (TPSA) is 101 Å². The van der Waals surface area contributed by atoms with Crippen LogP contribution in [0.4, 0.5) is 0 Å². The van der Waals surface area contributed by atoms with Crippen molar-refractivity contribution in [3.8, 4) is 17.1 Å². The predicted octanol–water partition coefficient (Wildman–Crippen LogP) is 2.45. The molecule has 0 saturated heterocycles.